The molecule has 12 heavy (non-hydrogen) atoms. The molecule has 0 bridgehead atoms. The monoisotopic (exact) mass is 201 g/mol. The van der Waals surface area contributed by atoms with E-state index in [0.29, 0.717) is 0 Å². The number of hydrogen-bond donors (Lipinski definition) is 5. The Morgan fingerprint density at radius 2 is 1.75 bits per heavy atom. The zero-order valence-electron chi connectivity index (χ0n) is 6.25. The highest BCUT2D eigenvalue weighted by Gasteiger charge is 2.27. The molecule has 0 rings (SSSR count). The van der Waals surface area contributed by atoms with Gasteiger partial charge in [0.25, 0.3) is 0 Å². The number of aliphatic hydroxyl groups is 2. The van der Waals surface area contributed by atoms with Gasteiger partial charge in [-0.25, -0.2) is 4.57 Å². The lowest BCUT2D eigenvalue weighted by Gasteiger charge is -2.23. The van der Waals surface area contributed by atoms with Crippen LogP contribution in [-0.2, 0) is 9.09 Å². The van der Waals surface area contributed by atoms with Crippen molar-refractivity contribution in [2.75, 3.05) is 19.8 Å². The Kier molecular flexibility index (Phi) is 4.29. The third-order valence-corrected chi connectivity index (χ3v) is 1.62. The van der Waals surface area contributed by atoms with E-state index in [1.807, 2.05) is 0 Å². The third kappa shape index (κ3) is 4.78. The molecule has 0 aromatic rings. The Morgan fingerprint density at radius 3 is 2.00 bits per heavy atom. The quantitative estimate of drug-likeness (QED) is 0.318. The van der Waals surface area contributed by atoms with Crippen LogP contribution in [0.1, 0.15) is 0 Å². The molecule has 0 aliphatic carbocycles. The molecule has 0 spiro atoms. The zero-order valence-corrected chi connectivity index (χ0v) is 7.15. The topological polar surface area (TPSA) is 133 Å². The molecule has 0 aromatic heterocycles. The molecule has 0 radical (unpaired) electrons. The molecule has 0 atom stereocenters. The van der Waals surface area contributed by atoms with Crippen molar-refractivity contribution >= 4 is 7.82 Å². The van der Waals surface area contributed by atoms with E-state index in [2.05, 4.69) is 4.52 Å². The number of hydrogen-bond acceptors (Lipinski definition) is 5. The average Bonchev–Trinajstić information content (AvgIpc) is 1.99. The SMILES string of the molecule is NC(CO)(CO)COP(=O)(O)O. The lowest BCUT2D eigenvalue weighted by molar-refractivity contribution is 0.0648. The van der Waals surface area contributed by atoms with Crippen molar-refractivity contribution in [1.82, 2.24) is 0 Å². The van der Waals surface area contributed by atoms with E-state index >= 15 is 0 Å². The molecule has 0 aliphatic rings. The molecule has 8 heteroatoms. The number of phosphoric acid groups is 1. The number of nitrogens with two attached hydrogens (primary N) is 1. The van der Waals surface area contributed by atoms with Gasteiger partial charge in [-0.2, -0.15) is 0 Å². The fraction of sp³-hybridized carbons (Fsp3) is 1.00. The van der Waals surface area contributed by atoms with E-state index in [-0.39, 0.29) is 0 Å². The highest BCUT2D eigenvalue weighted by molar-refractivity contribution is 7.46. The molecule has 0 saturated carbocycles. The molecule has 0 amide bonds. The van der Waals surface area contributed by atoms with Crippen molar-refractivity contribution in [3.63, 3.8) is 0 Å². The van der Waals surface area contributed by atoms with Crippen LogP contribution in [0.25, 0.3) is 0 Å². The van der Waals surface area contributed by atoms with Crippen molar-refractivity contribution in [2.45, 2.75) is 5.54 Å². The summed E-state index contributed by atoms with van der Waals surface area (Å²) < 4.78 is 14.2. The van der Waals surface area contributed by atoms with Gasteiger partial charge in [-0.15, -0.1) is 0 Å². The van der Waals surface area contributed by atoms with Crippen molar-refractivity contribution in [1.29, 1.82) is 0 Å². The lowest BCUT2D eigenvalue weighted by atomic mass is 10.1. The lowest BCUT2D eigenvalue weighted by Crippen LogP contribution is -2.51. The van der Waals surface area contributed by atoms with Gasteiger partial charge in [0, 0.05) is 0 Å². The van der Waals surface area contributed by atoms with Gasteiger partial charge < -0.3 is 25.7 Å². The first kappa shape index (κ1) is 12.0. The third-order valence-electron chi connectivity index (χ3n) is 1.15. The fourth-order valence-corrected chi connectivity index (χ4v) is 0.779. The summed E-state index contributed by atoms with van der Waals surface area (Å²) in [4.78, 5) is 16.5. The molecule has 0 aromatic carbocycles. The van der Waals surface area contributed by atoms with Crippen molar-refractivity contribution < 1.29 is 29.1 Å². The van der Waals surface area contributed by atoms with E-state index in [9.17, 15) is 4.57 Å². The minimum atomic E-state index is -4.59. The van der Waals surface area contributed by atoms with Gasteiger partial charge in [-0.3, -0.25) is 4.52 Å². The summed E-state index contributed by atoms with van der Waals surface area (Å²) in [5.74, 6) is 0. The highest BCUT2D eigenvalue weighted by atomic mass is 31.2. The second kappa shape index (κ2) is 4.29. The molecular weight excluding hydrogens is 189 g/mol. The molecule has 74 valence electrons. The van der Waals surface area contributed by atoms with Gasteiger partial charge in [-0.05, 0) is 0 Å². The summed E-state index contributed by atoms with van der Waals surface area (Å²) in [5, 5.41) is 17.1. The van der Waals surface area contributed by atoms with Gasteiger partial charge in [0.05, 0.1) is 25.4 Å². The maximum atomic E-state index is 10.2. The van der Waals surface area contributed by atoms with Gasteiger partial charge in [-0.1, -0.05) is 0 Å². The molecule has 0 fully saturated rings. The first-order valence-electron chi connectivity index (χ1n) is 3.04. The molecular formula is C4H12NO6P. The molecule has 0 unspecified atom stereocenters. The van der Waals surface area contributed by atoms with E-state index < -0.39 is 33.2 Å². The maximum absolute atomic E-state index is 10.2. The van der Waals surface area contributed by atoms with Gasteiger partial charge >= 0.3 is 7.82 Å². The Labute approximate surface area is 69.0 Å². The first-order valence-corrected chi connectivity index (χ1v) is 4.57. The Balaban J connectivity index is 3.98. The Bertz CT molecular complexity index is 174. The summed E-state index contributed by atoms with van der Waals surface area (Å²) >= 11 is 0. The Morgan fingerprint density at radius 1 is 1.33 bits per heavy atom. The zero-order chi connectivity index (χ0) is 9.83. The molecule has 0 aliphatic heterocycles. The van der Waals surface area contributed by atoms with Crippen LogP contribution in [0.4, 0.5) is 0 Å². The predicted octanol–water partition coefficient (Wildman–Crippen LogP) is -2.22. The normalized spacial score (nSPS) is 13.4. The Hall–Kier alpha value is -0.0100. The summed E-state index contributed by atoms with van der Waals surface area (Å²) in [6, 6.07) is 0. The summed E-state index contributed by atoms with van der Waals surface area (Å²) in [6.07, 6.45) is 0. The van der Waals surface area contributed by atoms with Crippen molar-refractivity contribution in [3.8, 4) is 0 Å². The number of rotatable bonds is 5. The number of aliphatic hydroxyl groups excluding tert-OH is 2. The largest absolute Gasteiger partial charge is 0.469 e. The van der Waals surface area contributed by atoms with E-state index in [1.165, 1.54) is 0 Å². The summed E-state index contributed by atoms with van der Waals surface area (Å²) in [7, 11) is -4.59. The summed E-state index contributed by atoms with van der Waals surface area (Å²) in [5.41, 5.74) is 3.72. The van der Waals surface area contributed by atoms with Crippen LogP contribution in [-0.4, -0.2) is 45.4 Å². The fourth-order valence-electron chi connectivity index (χ4n) is 0.354. The van der Waals surface area contributed by atoms with Crippen LogP contribution < -0.4 is 5.73 Å². The van der Waals surface area contributed by atoms with E-state index in [0.717, 1.165) is 0 Å². The van der Waals surface area contributed by atoms with Crippen LogP contribution in [0.5, 0.6) is 0 Å². The predicted molar refractivity (Wildman–Crippen MR) is 39.1 cm³/mol. The van der Waals surface area contributed by atoms with Crippen LogP contribution in [0.2, 0.25) is 0 Å². The number of phosphoric ester groups is 1. The van der Waals surface area contributed by atoms with Crippen LogP contribution in [0, 0.1) is 0 Å². The molecule has 0 saturated heterocycles. The average molecular weight is 201 g/mol. The first-order chi connectivity index (χ1) is 5.33. The van der Waals surface area contributed by atoms with Crippen molar-refractivity contribution in [3.05, 3.63) is 0 Å². The standard InChI is InChI=1S/C4H12NO6P/c5-4(1-6,2-7)3-11-12(8,9)10/h6-7H,1-3,5H2,(H2,8,9,10). The minimum absolute atomic E-state index is 0.607. The second-order valence-electron chi connectivity index (χ2n) is 2.44. The van der Waals surface area contributed by atoms with Crippen molar-refractivity contribution in [2.24, 2.45) is 5.73 Å². The summed E-state index contributed by atoms with van der Waals surface area (Å²) in [6.45, 7) is -1.85. The molecule has 0 heterocycles. The van der Waals surface area contributed by atoms with Gasteiger partial charge in [0.1, 0.15) is 0 Å². The van der Waals surface area contributed by atoms with E-state index in [1.54, 1.807) is 0 Å². The maximum Gasteiger partial charge on any atom is 0.469 e. The van der Waals surface area contributed by atoms with Crippen LogP contribution in [0.15, 0.2) is 0 Å². The van der Waals surface area contributed by atoms with E-state index in [4.69, 9.17) is 25.7 Å². The minimum Gasteiger partial charge on any atom is -0.394 e. The molecule has 7 nitrogen and oxygen atoms in total. The second-order valence-corrected chi connectivity index (χ2v) is 3.68. The van der Waals surface area contributed by atoms with Crippen LogP contribution >= 0.6 is 7.82 Å². The molecule has 6 N–H and O–H groups in total. The van der Waals surface area contributed by atoms with Crippen LogP contribution in [0.3, 0.4) is 0 Å². The smallest absolute Gasteiger partial charge is 0.394 e. The van der Waals surface area contributed by atoms with Gasteiger partial charge in [0.15, 0.2) is 0 Å². The highest BCUT2D eigenvalue weighted by Crippen LogP contribution is 2.36. The van der Waals surface area contributed by atoms with Gasteiger partial charge in [0.2, 0.25) is 0 Å².